The zero-order valence-electron chi connectivity index (χ0n) is 41.8. The van der Waals surface area contributed by atoms with Crippen molar-refractivity contribution < 1.29 is 60.5 Å². The number of primary amides is 1. The molecule has 0 aliphatic carbocycles. The number of carbonyl (C=O) groups is 5. The molecule has 0 unspecified atom stereocenters. The molecule has 4 aromatic rings. The molecule has 5 amide bonds. The molecule has 0 spiro atoms. The molecule has 18 nitrogen and oxygen atoms in total. The largest absolute Gasteiger partial charge is 0.475 e. The molecule has 2 saturated heterocycles. The number of nitrogens with two attached hydrogens (primary N) is 1. The Bertz CT molecular complexity index is 2800. The standard InChI is InChI=1S/C50H57F4N9O9S2/c1-28-20-36(43(66)57-23-30-8-10-31(11-9-30)40-29(2)59-27-74-40)61(25-28)45(67)41(48(3,4)5)60-37(64)26-71-17-16-69-14-15-70-18-19-72-44-34(42(56)65)21-33(24-58-44)63-47(73)62(46(68)49(63,6)7)35-13-12-32(22-55)38(39(35)51)50(52,53)54/h8-13,21,24,27-28,36,41H,14-20,23,25-26H2,1-7H3,(H2,56,65)(H,57,66)(H,60,64)/t28-,36+,41-/m1/s1. The van der Waals surface area contributed by atoms with Gasteiger partial charge in [0.15, 0.2) is 10.9 Å². The number of likely N-dealkylation sites (tertiary alicyclic amines) is 1. The first-order valence-electron chi connectivity index (χ1n) is 23.4. The third kappa shape index (κ3) is 13.0. The number of amides is 5. The van der Waals surface area contributed by atoms with Crippen LogP contribution in [-0.4, -0.2) is 120 Å². The molecule has 6 rings (SSSR count). The number of hydrogen-bond acceptors (Lipinski definition) is 14. The van der Waals surface area contributed by atoms with Crippen molar-refractivity contribution in [1.82, 2.24) is 25.5 Å². The summed E-state index contributed by atoms with van der Waals surface area (Å²) in [6.07, 6.45) is -3.59. The molecule has 2 aromatic carbocycles. The fraction of sp³-hybridized carbons (Fsp3) is 0.460. The Morgan fingerprint density at radius 1 is 1.00 bits per heavy atom. The highest BCUT2D eigenvalue weighted by Crippen LogP contribution is 2.42. The summed E-state index contributed by atoms with van der Waals surface area (Å²) < 4.78 is 79.0. The van der Waals surface area contributed by atoms with Crippen LogP contribution in [0.15, 0.2) is 54.2 Å². The average molecular weight is 1070 g/mol. The summed E-state index contributed by atoms with van der Waals surface area (Å²) in [4.78, 5) is 79.6. The number of aryl methyl sites for hydroxylation is 1. The Morgan fingerprint density at radius 3 is 2.24 bits per heavy atom. The number of carbonyl (C=O) groups excluding carboxylic acids is 5. The van der Waals surface area contributed by atoms with E-state index in [1.807, 2.05) is 58.9 Å². The molecular weight excluding hydrogens is 1010 g/mol. The molecule has 0 saturated carbocycles. The summed E-state index contributed by atoms with van der Waals surface area (Å²) in [5.74, 6) is -5.01. The van der Waals surface area contributed by atoms with E-state index >= 15 is 4.39 Å². The fourth-order valence-corrected chi connectivity index (χ4v) is 9.75. The third-order valence-electron chi connectivity index (χ3n) is 12.2. The molecule has 2 aliphatic heterocycles. The predicted molar refractivity (Wildman–Crippen MR) is 268 cm³/mol. The minimum Gasteiger partial charge on any atom is -0.475 e. The number of nitrogens with one attached hydrogen (secondary N) is 2. The summed E-state index contributed by atoms with van der Waals surface area (Å²) >= 11 is 7.03. The van der Waals surface area contributed by atoms with Gasteiger partial charge in [-0.3, -0.25) is 28.9 Å². The van der Waals surface area contributed by atoms with E-state index in [-0.39, 0.29) is 81.1 Å². The quantitative estimate of drug-likeness (QED) is 0.0489. The Kier molecular flexibility index (Phi) is 18.1. The van der Waals surface area contributed by atoms with Crippen LogP contribution in [0.25, 0.3) is 10.4 Å². The van der Waals surface area contributed by atoms with Crippen molar-refractivity contribution in [3.05, 3.63) is 87.9 Å². The maximum absolute atomic E-state index is 15.5. The second-order valence-electron chi connectivity index (χ2n) is 19.2. The second-order valence-corrected chi connectivity index (χ2v) is 20.4. The number of nitrogens with zero attached hydrogens (tertiary/aromatic N) is 6. The molecule has 396 valence electrons. The van der Waals surface area contributed by atoms with E-state index in [0.717, 1.165) is 33.8 Å². The van der Waals surface area contributed by atoms with Crippen molar-refractivity contribution in [3.8, 4) is 22.4 Å². The SMILES string of the molecule is Cc1ncsc1-c1ccc(CNC(=O)[C@@H]2C[C@@H](C)CN2C(=O)[C@@H](NC(=O)COCCOCCOCCOc2ncc(N3C(=S)N(c4ccc(C#N)c(C(F)(F)F)c4F)C(=O)C3(C)C)cc2C(N)=O)C(C)(C)C)cc1. The van der Waals surface area contributed by atoms with Crippen molar-refractivity contribution in [2.45, 2.75) is 85.2 Å². The number of pyridine rings is 1. The van der Waals surface area contributed by atoms with Crippen LogP contribution in [0.2, 0.25) is 0 Å². The monoisotopic (exact) mass is 1070 g/mol. The molecule has 2 fully saturated rings. The van der Waals surface area contributed by atoms with Crippen LogP contribution in [0.3, 0.4) is 0 Å². The number of halogens is 4. The van der Waals surface area contributed by atoms with Gasteiger partial charge in [0.05, 0.1) is 78.3 Å². The Hall–Kier alpha value is -6.65. The molecule has 2 aliphatic rings. The Balaban J connectivity index is 0.911. The number of anilines is 2. The van der Waals surface area contributed by atoms with E-state index in [9.17, 15) is 42.4 Å². The molecule has 0 radical (unpaired) electrons. The van der Waals surface area contributed by atoms with Gasteiger partial charge in [-0.25, -0.2) is 14.4 Å². The molecule has 24 heteroatoms. The van der Waals surface area contributed by atoms with Crippen LogP contribution >= 0.6 is 23.6 Å². The Labute approximate surface area is 434 Å². The number of ether oxygens (including phenoxy) is 4. The van der Waals surface area contributed by atoms with Crippen LogP contribution in [-0.2, 0) is 46.1 Å². The molecule has 4 heterocycles. The second kappa shape index (κ2) is 23.7. The fourth-order valence-electron chi connectivity index (χ4n) is 8.42. The van der Waals surface area contributed by atoms with E-state index in [1.54, 1.807) is 21.7 Å². The lowest BCUT2D eigenvalue weighted by Crippen LogP contribution is -2.58. The first kappa shape index (κ1) is 56.6. The van der Waals surface area contributed by atoms with Gasteiger partial charge in [0.2, 0.25) is 23.6 Å². The molecule has 2 aromatic heterocycles. The first-order chi connectivity index (χ1) is 34.9. The average Bonchev–Trinajstić information content (AvgIpc) is 4.00. The lowest BCUT2D eigenvalue weighted by molar-refractivity contribution is -0.144. The van der Waals surface area contributed by atoms with Gasteiger partial charge < -0.3 is 45.1 Å². The van der Waals surface area contributed by atoms with Crippen LogP contribution in [0.1, 0.15) is 80.7 Å². The lowest BCUT2D eigenvalue weighted by Gasteiger charge is -2.35. The molecular formula is C50H57F4N9O9S2. The first-order valence-corrected chi connectivity index (χ1v) is 24.7. The van der Waals surface area contributed by atoms with Gasteiger partial charge >= 0.3 is 6.18 Å². The van der Waals surface area contributed by atoms with E-state index in [2.05, 4.69) is 20.6 Å². The maximum atomic E-state index is 15.5. The van der Waals surface area contributed by atoms with Gasteiger partial charge in [0.25, 0.3) is 11.8 Å². The third-order valence-corrected chi connectivity index (χ3v) is 13.5. The number of hydrogen-bond donors (Lipinski definition) is 3. The predicted octanol–water partition coefficient (Wildman–Crippen LogP) is 6.07. The lowest BCUT2D eigenvalue weighted by atomic mass is 9.85. The highest BCUT2D eigenvalue weighted by atomic mass is 32.1. The number of rotatable bonds is 21. The van der Waals surface area contributed by atoms with Crippen molar-refractivity contribution in [2.24, 2.45) is 17.1 Å². The van der Waals surface area contributed by atoms with Crippen molar-refractivity contribution >= 4 is 69.6 Å². The highest BCUT2D eigenvalue weighted by molar-refractivity contribution is 7.81. The van der Waals surface area contributed by atoms with Crippen molar-refractivity contribution in [2.75, 3.05) is 62.6 Å². The zero-order valence-corrected chi connectivity index (χ0v) is 43.4. The topological polar surface area (TPSA) is 232 Å². The van der Waals surface area contributed by atoms with Crippen LogP contribution in [0.5, 0.6) is 5.88 Å². The maximum Gasteiger partial charge on any atom is 0.420 e. The number of alkyl halides is 3. The Morgan fingerprint density at radius 2 is 1.65 bits per heavy atom. The van der Waals surface area contributed by atoms with E-state index in [1.165, 1.54) is 37.1 Å². The number of benzene rings is 2. The molecule has 74 heavy (non-hydrogen) atoms. The highest BCUT2D eigenvalue weighted by Gasteiger charge is 2.52. The molecule has 0 bridgehead atoms. The minimum absolute atomic E-state index is 0.0169. The molecule has 4 N–H and O–H groups in total. The van der Waals surface area contributed by atoms with E-state index in [4.69, 9.17) is 36.9 Å². The van der Waals surface area contributed by atoms with Crippen LogP contribution < -0.4 is 30.9 Å². The normalized spacial score (nSPS) is 17.1. The zero-order chi connectivity index (χ0) is 54.3. The van der Waals surface area contributed by atoms with Crippen LogP contribution in [0.4, 0.5) is 28.9 Å². The van der Waals surface area contributed by atoms with Gasteiger partial charge in [-0.2, -0.15) is 18.4 Å². The van der Waals surface area contributed by atoms with Crippen molar-refractivity contribution in [3.63, 3.8) is 0 Å². The van der Waals surface area contributed by atoms with Gasteiger partial charge in [-0.1, -0.05) is 52.0 Å². The summed E-state index contributed by atoms with van der Waals surface area (Å²) in [5.41, 5.74) is 4.15. The van der Waals surface area contributed by atoms with Crippen molar-refractivity contribution in [1.29, 1.82) is 5.26 Å². The summed E-state index contributed by atoms with van der Waals surface area (Å²) in [7, 11) is 0. The smallest absolute Gasteiger partial charge is 0.420 e. The van der Waals surface area contributed by atoms with Gasteiger partial charge in [-0.15, -0.1) is 11.3 Å². The van der Waals surface area contributed by atoms with E-state index < -0.39 is 74.7 Å². The summed E-state index contributed by atoms with van der Waals surface area (Å²) in [6, 6.07) is 10.4. The minimum atomic E-state index is -5.26. The van der Waals surface area contributed by atoms with Gasteiger partial charge in [-0.05, 0) is 80.1 Å². The van der Waals surface area contributed by atoms with Crippen LogP contribution in [0, 0.1) is 35.4 Å². The number of aromatic nitrogens is 2. The number of thiocarbonyl (C=S) groups is 1. The van der Waals surface area contributed by atoms with E-state index in [0.29, 0.717) is 24.4 Å². The molecule has 3 atom stereocenters. The van der Waals surface area contributed by atoms with Gasteiger partial charge in [0.1, 0.15) is 42.0 Å². The number of thiazole rings is 1. The number of nitriles is 1. The van der Waals surface area contributed by atoms with Gasteiger partial charge in [0, 0.05) is 13.1 Å². The summed E-state index contributed by atoms with van der Waals surface area (Å²) in [5, 5.41) is 14.5. The summed E-state index contributed by atoms with van der Waals surface area (Å²) in [6.45, 7) is 12.9.